The summed E-state index contributed by atoms with van der Waals surface area (Å²) >= 11 is 0. The summed E-state index contributed by atoms with van der Waals surface area (Å²) in [4.78, 5) is 40.1. The highest BCUT2D eigenvalue weighted by molar-refractivity contribution is 6.21. The molecule has 2 aliphatic rings. The SMILES string of the molecule is C[C@@H]1C[C@H](C)CN(C(=O)CCCN2C(=O)c3ccccc3C2=O)C1. The summed E-state index contributed by atoms with van der Waals surface area (Å²) in [7, 11) is 0. The van der Waals surface area contributed by atoms with E-state index in [1.807, 2.05) is 4.90 Å². The lowest BCUT2D eigenvalue weighted by Crippen LogP contribution is -2.42. The van der Waals surface area contributed by atoms with Crippen LogP contribution in [0.5, 0.6) is 0 Å². The third-order valence-corrected chi connectivity index (χ3v) is 4.87. The number of amides is 3. The van der Waals surface area contributed by atoms with E-state index >= 15 is 0 Å². The van der Waals surface area contributed by atoms with E-state index in [4.69, 9.17) is 0 Å². The third-order valence-electron chi connectivity index (χ3n) is 4.87. The number of carbonyl (C=O) groups is 3. The molecular formula is C19H24N2O3. The molecule has 3 rings (SSSR count). The number of imide groups is 1. The first-order valence-electron chi connectivity index (χ1n) is 8.70. The van der Waals surface area contributed by atoms with Gasteiger partial charge in [-0.1, -0.05) is 26.0 Å². The predicted molar refractivity (Wildman–Crippen MR) is 90.6 cm³/mol. The minimum absolute atomic E-state index is 0.130. The summed E-state index contributed by atoms with van der Waals surface area (Å²) in [6, 6.07) is 6.87. The highest BCUT2D eigenvalue weighted by Crippen LogP contribution is 2.24. The van der Waals surface area contributed by atoms with E-state index in [1.54, 1.807) is 24.3 Å². The van der Waals surface area contributed by atoms with Gasteiger partial charge in [-0.3, -0.25) is 19.3 Å². The van der Waals surface area contributed by atoms with Crippen LogP contribution >= 0.6 is 0 Å². The Kier molecular flexibility index (Phi) is 4.69. The number of piperidine rings is 1. The average molecular weight is 328 g/mol. The number of hydrogen-bond acceptors (Lipinski definition) is 3. The smallest absolute Gasteiger partial charge is 0.261 e. The first-order chi connectivity index (χ1) is 11.5. The molecule has 5 heteroatoms. The summed E-state index contributed by atoms with van der Waals surface area (Å²) in [6.45, 7) is 6.28. The largest absolute Gasteiger partial charge is 0.342 e. The number of rotatable bonds is 4. The van der Waals surface area contributed by atoms with Crippen LogP contribution < -0.4 is 0 Å². The van der Waals surface area contributed by atoms with Gasteiger partial charge in [0, 0.05) is 26.1 Å². The van der Waals surface area contributed by atoms with Gasteiger partial charge < -0.3 is 4.90 Å². The Labute approximate surface area is 142 Å². The monoisotopic (exact) mass is 328 g/mol. The first kappa shape index (κ1) is 16.7. The zero-order valence-electron chi connectivity index (χ0n) is 14.3. The molecule has 0 saturated carbocycles. The van der Waals surface area contributed by atoms with Gasteiger partial charge >= 0.3 is 0 Å². The molecule has 128 valence electrons. The fourth-order valence-electron chi connectivity index (χ4n) is 3.86. The molecule has 3 amide bonds. The van der Waals surface area contributed by atoms with Gasteiger partial charge in [0.25, 0.3) is 11.8 Å². The number of likely N-dealkylation sites (tertiary alicyclic amines) is 1. The van der Waals surface area contributed by atoms with Crippen LogP contribution in [0.15, 0.2) is 24.3 Å². The van der Waals surface area contributed by atoms with E-state index < -0.39 is 0 Å². The van der Waals surface area contributed by atoms with Gasteiger partial charge in [0.2, 0.25) is 5.91 Å². The summed E-state index contributed by atoms with van der Waals surface area (Å²) in [5.74, 6) is 0.708. The normalized spacial score (nSPS) is 23.6. The number of hydrogen-bond donors (Lipinski definition) is 0. The quantitative estimate of drug-likeness (QED) is 0.798. The van der Waals surface area contributed by atoms with E-state index in [2.05, 4.69) is 13.8 Å². The molecule has 1 aromatic rings. The molecule has 2 aliphatic heterocycles. The first-order valence-corrected chi connectivity index (χ1v) is 8.70. The van der Waals surface area contributed by atoms with Crippen LogP contribution in [0.3, 0.4) is 0 Å². The number of carbonyl (C=O) groups excluding carboxylic acids is 3. The maximum Gasteiger partial charge on any atom is 0.261 e. The molecule has 0 spiro atoms. The Morgan fingerprint density at radius 3 is 2.12 bits per heavy atom. The minimum Gasteiger partial charge on any atom is -0.342 e. The van der Waals surface area contributed by atoms with Crippen LogP contribution in [0.1, 0.15) is 53.8 Å². The zero-order valence-corrected chi connectivity index (χ0v) is 14.3. The molecule has 0 aromatic heterocycles. The van der Waals surface area contributed by atoms with Crippen molar-refractivity contribution in [1.29, 1.82) is 0 Å². The summed E-state index contributed by atoms with van der Waals surface area (Å²) in [5, 5.41) is 0. The van der Waals surface area contributed by atoms with Gasteiger partial charge in [-0.25, -0.2) is 0 Å². The van der Waals surface area contributed by atoms with Crippen molar-refractivity contribution in [3.05, 3.63) is 35.4 Å². The van der Waals surface area contributed by atoms with E-state index in [-0.39, 0.29) is 17.7 Å². The van der Waals surface area contributed by atoms with Crippen LogP contribution in [0.25, 0.3) is 0 Å². The predicted octanol–water partition coefficient (Wildman–Crippen LogP) is 2.57. The van der Waals surface area contributed by atoms with Crippen LogP contribution in [-0.4, -0.2) is 47.2 Å². The lowest BCUT2D eigenvalue weighted by molar-refractivity contribution is -0.134. The van der Waals surface area contributed by atoms with Crippen molar-refractivity contribution in [2.45, 2.75) is 33.1 Å². The molecule has 2 atom stereocenters. The van der Waals surface area contributed by atoms with Gasteiger partial charge in [-0.15, -0.1) is 0 Å². The van der Waals surface area contributed by atoms with Crippen molar-refractivity contribution >= 4 is 17.7 Å². The van der Waals surface area contributed by atoms with Crippen molar-refractivity contribution in [3.8, 4) is 0 Å². The molecule has 24 heavy (non-hydrogen) atoms. The summed E-state index contributed by atoms with van der Waals surface area (Å²) < 4.78 is 0. The fraction of sp³-hybridized carbons (Fsp3) is 0.526. The van der Waals surface area contributed by atoms with Gasteiger partial charge in [0.05, 0.1) is 11.1 Å². The highest BCUT2D eigenvalue weighted by Gasteiger charge is 2.34. The zero-order chi connectivity index (χ0) is 17.3. The minimum atomic E-state index is -0.247. The van der Waals surface area contributed by atoms with Crippen molar-refractivity contribution in [2.75, 3.05) is 19.6 Å². The topological polar surface area (TPSA) is 57.7 Å². The summed E-state index contributed by atoms with van der Waals surface area (Å²) in [5.41, 5.74) is 0.931. The van der Waals surface area contributed by atoms with Crippen molar-refractivity contribution in [1.82, 2.24) is 9.80 Å². The third kappa shape index (κ3) is 3.21. The molecule has 0 bridgehead atoms. The molecular weight excluding hydrogens is 304 g/mol. The van der Waals surface area contributed by atoms with Crippen molar-refractivity contribution in [3.63, 3.8) is 0 Å². The lowest BCUT2D eigenvalue weighted by Gasteiger charge is -2.35. The van der Waals surface area contributed by atoms with E-state index in [0.717, 1.165) is 13.1 Å². The van der Waals surface area contributed by atoms with Crippen LogP contribution in [0, 0.1) is 11.8 Å². The number of nitrogens with zero attached hydrogens (tertiary/aromatic N) is 2. The van der Waals surface area contributed by atoms with Gasteiger partial charge in [0.1, 0.15) is 0 Å². The second-order valence-corrected chi connectivity index (χ2v) is 7.16. The van der Waals surface area contributed by atoms with Crippen molar-refractivity contribution in [2.24, 2.45) is 11.8 Å². The van der Waals surface area contributed by atoms with E-state index in [9.17, 15) is 14.4 Å². The number of fused-ring (bicyclic) bond motifs is 1. The molecule has 0 aliphatic carbocycles. The van der Waals surface area contributed by atoms with Crippen LogP contribution in [0.2, 0.25) is 0 Å². The average Bonchev–Trinajstić information content (AvgIpc) is 2.79. The molecule has 2 heterocycles. The number of benzene rings is 1. The Morgan fingerprint density at radius 1 is 1.04 bits per heavy atom. The van der Waals surface area contributed by atoms with Crippen LogP contribution in [0.4, 0.5) is 0 Å². The van der Waals surface area contributed by atoms with Gasteiger partial charge in [-0.05, 0) is 36.8 Å². The van der Waals surface area contributed by atoms with E-state index in [1.165, 1.54) is 11.3 Å². The molecule has 1 fully saturated rings. The standard InChI is InChI=1S/C19H24N2O3/c1-13-10-14(2)12-20(11-13)17(22)8-5-9-21-18(23)15-6-3-4-7-16(15)19(21)24/h3-4,6-7,13-14H,5,8-12H2,1-2H3/t13-,14+. The molecule has 0 N–H and O–H groups in total. The Hall–Kier alpha value is -2.17. The lowest BCUT2D eigenvalue weighted by atomic mass is 9.91. The molecule has 0 radical (unpaired) electrons. The van der Waals surface area contributed by atoms with Gasteiger partial charge in [0.15, 0.2) is 0 Å². The second kappa shape index (κ2) is 6.75. The van der Waals surface area contributed by atoms with Gasteiger partial charge in [-0.2, -0.15) is 0 Å². The summed E-state index contributed by atoms with van der Waals surface area (Å²) in [6.07, 6.45) is 2.06. The van der Waals surface area contributed by atoms with Crippen molar-refractivity contribution < 1.29 is 14.4 Å². The maximum atomic E-state index is 12.4. The maximum absolute atomic E-state index is 12.4. The Balaban J connectivity index is 1.53. The molecule has 5 nitrogen and oxygen atoms in total. The Morgan fingerprint density at radius 2 is 1.58 bits per heavy atom. The highest BCUT2D eigenvalue weighted by atomic mass is 16.2. The van der Waals surface area contributed by atoms with E-state index in [0.29, 0.717) is 42.3 Å². The Bertz CT molecular complexity index is 625. The molecule has 1 aromatic carbocycles. The molecule has 1 saturated heterocycles. The fourth-order valence-corrected chi connectivity index (χ4v) is 3.86. The molecule has 0 unspecified atom stereocenters. The second-order valence-electron chi connectivity index (χ2n) is 7.16. The van der Waals surface area contributed by atoms with Crippen LogP contribution in [-0.2, 0) is 4.79 Å².